The Morgan fingerprint density at radius 2 is 2.20 bits per heavy atom. The molecule has 2 aromatic rings. The van der Waals surface area contributed by atoms with Crippen molar-refractivity contribution >= 4 is 15.9 Å². The SMILES string of the molecule is Brc1ccc(-c2nnco2)cc1OCC1CCNCC1. The standard InChI is InChI=1S/C14H16BrN3O2/c15-12-2-1-11(14-18-17-9-20-14)7-13(12)19-8-10-3-5-16-6-4-10/h1-2,7,9-10,16H,3-6,8H2. The molecule has 1 saturated heterocycles. The monoisotopic (exact) mass is 337 g/mol. The van der Waals surface area contributed by atoms with E-state index in [1.807, 2.05) is 18.2 Å². The van der Waals surface area contributed by atoms with Crippen molar-refractivity contribution < 1.29 is 9.15 Å². The second kappa shape index (κ2) is 6.37. The van der Waals surface area contributed by atoms with Crippen LogP contribution in [0.25, 0.3) is 11.5 Å². The maximum Gasteiger partial charge on any atom is 0.247 e. The predicted octanol–water partition coefficient (Wildman–Crippen LogP) is 2.88. The van der Waals surface area contributed by atoms with Crippen LogP contribution in [0.2, 0.25) is 0 Å². The van der Waals surface area contributed by atoms with E-state index in [2.05, 4.69) is 31.4 Å². The summed E-state index contributed by atoms with van der Waals surface area (Å²) in [5.41, 5.74) is 0.867. The highest BCUT2D eigenvalue weighted by molar-refractivity contribution is 9.10. The fraction of sp³-hybridized carbons (Fsp3) is 0.429. The second-order valence-electron chi connectivity index (χ2n) is 4.89. The number of halogens is 1. The lowest BCUT2D eigenvalue weighted by molar-refractivity contribution is 0.214. The summed E-state index contributed by atoms with van der Waals surface area (Å²) in [6.07, 6.45) is 3.66. The first-order valence-corrected chi connectivity index (χ1v) is 7.52. The first kappa shape index (κ1) is 13.6. The lowest BCUT2D eigenvalue weighted by Crippen LogP contribution is -2.30. The molecule has 1 aliphatic rings. The number of piperidine rings is 1. The minimum absolute atomic E-state index is 0.504. The third kappa shape index (κ3) is 3.19. The van der Waals surface area contributed by atoms with E-state index in [9.17, 15) is 0 Å². The van der Waals surface area contributed by atoms with Crippen LogP contribution in [-0.4, -0.2) is 29.9 Å². The fourth-order valence-electron chi connectivity index (χ4n) is 2.30. The third-order valence-electron chi connectivity index (χ3n) is 3.47. The molecule has 0 saturated carbocycles. The van der Waals surface area contributed by atoms with E-state index in [0.717, 1.165) is 35.5 Å². The van der Waals surface area contributed by atoms with Crippen LogP contribution in [-0.2, 0) is 0 Å². The van der Waals surface area contributed by atoms with Gasteiger partial charge < -0.3 is 14.5 Å². The van der Waals surface area contributed by atoms with Gasteiger partial charge in [-0.3, -0.25) is 0 Å². The quantitative estimate of drug-likeness (QED) is 0.929. The van der Waals surface area contributed by atoms with Crippen LogP contribution in [0.3, 0.4) is 0 Å². The fourth-order valence-corrected chi connectivity index (χ4v) is 2.66. The normalized spacial score (nSPS) is 16.2. The lowest BCUT2D eigenvalue weighted by atomic mass is 9.99. The third-order valence-corrected chi connectivity index (χ3v) is 4.13. The van der Waals surface area contributed by atoms with Crippen LogP contribution in [0, 0.1) is 5.92 Å². The Hall–Kier alpha value is -1.40. The molecule has 1 aromatic heterocycles. The molecule has 1 aromatic carbocycles. The minimum atomic E-state index is 0.504. The molecule has 106 valence electrons. The molecule has 0 unspecified atom stereocenters. The van der Waals surface area contributed by atoms with Crippen molar-refractivity contribution in [2.75, 3.05) is 19.7 Å². The summed E-state index contributed by atoms with van der Waals surface area (Å²) in [4.78, 5) is 0. The van der Waals surface area contributed by atoms with Crippen molar-refractivity contribution in [2.45, 2.75) is 12.8 Å². The van der Waals surface area contributed by atoms with Crippen molar-refractivity contribution in [1.82, 2.24) is 15.5 Å². The summed E-state index contributed by atoms with van der Waals surface area (Å²) in [6, 6.07) is 5.80. The van der Waals surface area contributed by atoms with Gasteiger partial charge in [-0.25, -0.2) is 0 Å². The van der Waals surface area contributed by atoms with Crippen molar-refractivity contribution in [3.8, 4) is 17.2 Å². The molecule has 20 heavy (non-hydrogen) atoms. The first-order valence-electron chi connectivity index (χ1n) is 6.72. The van der Waals surface area contributed by atoms with Crippen LogP contribution in [0.15, 0.2) is 33.5 Å². The molecule has 0 bridgehead atoms. The Kier molecular flexibility index (Phi) is 4.32. The molecular formula is C14H16BrN3O2. The van der Waals surface area contributed by atoms with Crippen molar-refractivity contribution in [1.29, 1.82) is 0 Å². The zero-order valence-corrected chi connectivity index (χ0v) is 12.6. The number of ether oxygens (including phenoxy) is 1. The van der Waals surface area contributed by atoms with Gasteiger partial charge in [-0.2, -0.15) is 0 Å². The van der Waals surface area contributed by atoms with E-state index in [4.69, 9.17) is 9.15 Å². The van der Waals surface area contributed by atoms with E-state index in [1.54, 1.807) is 0 Å². The van der Waals surface area contributed by atoms with Gasteiger partial charge in [0, 0.05) is 5.56 Å². The van der Waals surface area contributed by atoms with E-state index >= 15 is 0 Å². The molecule has 1 N–H and O–H groups in total. The molecule has 1 fully saturated rings. The van der Waals surface area contributed by atoms with Gasteiger partial charge in [-0.1, -0.05) is 0 Å². The van der Waals surface area contributed by atoms with E-state index < -0.39 is 0 Å². The highest BCUT2D eigenvalue weighted by Gasteiger charge is 2.15. The molecule has 1 aliphatic heterocycles. The van der Waals surface area contributed by atoms with Gasteiger partial charge in [0.2, 0.25) is 12.3 Å². The summed E-state index contributed by atoms with van der Waals surface area (Å²) < 4.78 is 12.1. The molecule has 3 rings (SSSR count). The smallest absolute Gasteiger partial charge is 0.247 e. The largest absolute Gasteiger partial charge is 0.492 e. The summed E-state index contributed by atoms with van der Waals surface area (Å²) in [6.45, 7) is 2.90. The van der Waals surface area contributed by atoms with Crippen molar-refractivity contribution in [2.24, 2.45) is 5.92 Å². The van der Waals surface area contributed by atoms with Gasteiger partial charge in [0.1, 0.15) is 5.75 Å². The number of nitrogens with zero attached hydrogens (tertiary/aromatic N) is 2. The topological polar surface area (TPSA) is 60.2 Å². The zero-order valence-electron chi connectivity index (χ0n) is 11.0. The van der Waals surface area contributed by atoms with Crippen LogP contribution in [0.4, 0.5) is 0 Å². The number of hydrogen-bond donors (Lipinski definition) is 1. The average Bonchev–Trinajstić information content (AvgIpc) is 3.02. The average molecular weight is 338 g/mol. The summed E-state index contributed by atoms with van der Waals surface area (Å²) >= 11 is 3.51. The van der Waals surface area contributed by atoms with Gasteiger partial charge in [-0.05, 0) is 66.0 Å². The molecule has 5 nitrogen and oxygen atoms in total. The minimum Gasteiger partial charge on any atom is -0.492 e. The Morgan fingerprint density at radius 1 is 1.35 bits per heavy atom. The number of rotatable bonds is 4. The summed E-state index contributed by atoms with van der Waals surface area (Å²) in [5, 5.41) is 11.0. The molecular weight excluding hydrogens is 322 g/mol. The van der Waals surface area contributed by atoms with Gasteiger partial charge in [0.25, 0.3) is 0 Å². The number of hydrogen-bond acceptors (Lipinski definition) is 5. The molecule has 0 atom stereocenters. The van der Waals surface area contributed by atoms with Gasteiger partial charge in [0.05, 0.1) is 11.1 Å². The molecule has 2 heterocycles. The molecule has 0 aliphatic carbocycles. The molecule has 6 heteroatoms. The van der Waals surface area contributed by atoms with Gasteiger partial charge in [-0.15, -0.1) is 10.2 Å². The molecule has 0 radical (unpaired) electrons. The Morgan fingerprint density at radius 3 is 2.95 bits per heavy atom. The number of benzene rings is 1. The second-order valence-corrected chi connectivity index (χ2v) is 5.75. The van der Waals surface area contributed by atoms with Crippen molar-refractivity contribution in [3.05, 3.63) is 29.1 Å². The highest BCUT2D eigenvalue weighted by Crippen LogP contribution is 2.30. The lowest BCUT2D eigenvalue weighted by Gasteiger charge is -2.23. The van der Waals surface area contributed by atoms with Gasteiger partial charge in [0.15, 0.2) is 0 Å². The van der Waals surface area contributed by atoms with Crippen LogP contribution < -0.4 is 10.1 Å². The van der Waals surface area contributed by atoms with Crippen LogP contribution in [0.5, 0.6) is 5.75 Å². The summed E-state index contributed by atoms with van der Waals surface area (Å²) in [5.74, 6) is 1.94. The maximum absolute atomic E-state index is 5.95. The van der Waals surface area contributed by atoms with Crippen LogP contribution in [0.1, 0.15) is 12.8 Å². The van der Waals surface area contributed by atoms with Crippen molar-refractivity contribution in [3.63, 3.8) is 0 Å². The predicted molar refractivity (Wildman–Crippen MR) is 78.5 cm³/mol. The Balaban J connectivity index is 1.70. The first-order chi connectivity index (χ1) is 9.83. The highest BCUT2D eigenvalue weighted by atomic mass is 79.9. The Labute approximate surface area is 125 Å². The van der Waals surface area contributed by atoms with E-state index in [-0.39, 0.29) is 0 Å². The molecule has 0 spiro atoms. The van der Waals surface area contributed by atoms with Gasteiger partial charge >= 0.3 is 0 Å². The maximum atomic E-state index is 5.95. The summed E-state index contributed by atoms with van der Waals surface area (Å²) in [7, 11) is 0. The number of aromatic nitrogens is 2. The Bertz CT molecular complexity index is 554. The van der Waals surface area contributed by atoms with E-state index in [1.165, 1.54) is 19.2 Å². The zero-order chi connectivity index (χ0) is 13.8. The van der Waals surface area contributed by atoms with E-state index in [0.29, 0.717) is 11.8 Å². The number of nitrogens with one attached hydrogen (secondary N) is 1. The molecule has 0 amide bonds. The van der Waals surface area contributed by atoms with Crippen LogP contribution >= 0.6 is 15.9 Å².